The van der Waals surface area contributed by atoms with E-state index in [0.29, 0.717) is 5.75 Å². The number of aryl methyl sites for hydroxylation is 6. The highest BCUT2D eigenvalue weighted by Gasteiger charge is 2.48. The summed E-state index contributed by atoms with van der Waals surface area (Å²) < 4.78 is 29.7. The van der Waals surface area contributed by atoms with Crippen molar-refractivity contribution in [3.05, 3.63) is 200 Å². The number of benzene rings is 9. The van der Waals surface area contributed by atoms with Crippen LogP contribution >= 0.6 is 22.6 Å². The van der Waals surface area contributed by atoms with Crippen LogP contribution in [0.4, 0.5) is 34.1 Å². The van der Waals surface area contributed by atoms with Crippen LogP contribution in [0.3, 0.4) is 0 Å². The number of hydrogen-bond donors (Lipinski definition) is 0. The zero-order valence-electron chi connectivity index (χ0n) is 48.9. The van der Waals surface area contributed by atoms with Crippen LogP contribution in [0, 0.1) is 24.3 Å². The summed E-state index contributed by atoms with van der Waals surface area (Å²) >= 11 is 2.64. The topological polar surface area (TPSA) is 43.4 Å². The van der Waals surface area contributed by atoms with Gasteiger partial charge in [-0.2, -0.15) is 0 Å². The second kappa shape index (κ2) is 21.8. The predicted octanol–water partition coefficient (Wildman–Crippen LogP) is 16.9. The molecule has 0 N–H and O–H groups in total. The molecule has 9 aromatic carbocycles. The third-order valence-electron chi connectivity index (χ3n) is 17.1. The van der Waals surface area contributed by atoms with Crippen molar-refractivity contribution in [2.24, 2.45) is 0 Å². The van der Waals surface area contributed by atoms with Crippen molar-refractivity contribution in [3.63, 3.8) is 0 Å². The standard InChI is InChI=1S/C73H71B2IN2O4/c1-10-13-19-48-24-28-54(29-25-48)80-57-41-67-72-68(42-57)82-66-37-46(5)33-50(21-15-12-3)69(66)75(72)59-43-58-61(44-65(59)81-67)77(52-22-17-16-18-23-52)63-39-56(79-55-30-26-51(27-31-55)73(7,8)9)40-64-71(63)74(58)70-60(76)35-47(6)36-62(70)78(64)53-34-45(4)32-49(38-53)20-14-11-2/h16-18,22-44H,10-15,19-21H2,1-9H3. The summed E-state index contributed by atoms with van der Waals surface area (Å²) in [7, 11) is 0. The Balaban J connectivity index is 1.06. The molecule has 0 atom stereocenters. The Bertz CT molecular complexity index is 3950. The molecule has 4 aliphatic heterocycles. The number of halogens is 1. The lowest BCUT2D eigenvalue weighted by atomic mass is 9.30. The Morgan fingerprint density at radius 3 is 1.67 bits per heavy atom. The van der Waals surface area contributed by atoms with Crippen LogP contribution in [0.5, 0.6) is 46.0 Å². The van der Waals surface area contributed by atoms with Crippen LogP contribution < -0.4 is 61.5 Å². The molecule has 82 heavy (non-hydrogen) atoms. The number of nitrogens with zero attached hydrogens (tertiary/aromatic N) is 2. The lowest BCUT2D eigenvalue weighted by Crippen LogP contribution is -2.64. The normalized spacial score (nSPS) is 13.3. The van der Waals surface area contributed by atoms with Gasteiger partial charge in [0.25, 0.3) is 13.4 Å². The molecule has 4 heterocycles. The summed E-state index contributed by atoms with van der Waals surface area (Å²) in [6.07, 6.45) is 9.79. The fraction of sp³-hybridized carbons (Fsp3) is 0.260. The number of hydrogen-bond acceptors (Lipinski definition) is 6. The van der Waals surface area contributed by atoms with Gasteiger partial charge in [-0.1, -0.05) is 121 Å². The highest BCUT2D eigenvalue weighted by molar-refractivity contribution is 14.1. The number of para-hydroxylation sites is 1. The van der Waals surface area contributed by atoms with E-state index in [1.165, 1.54) is 70.1 Å². The van der Waals surface area contributed by atoms with Crippen LogP contribution in [0.1, 0.15) is 119 Å². The maximum atomic E-state index is 7.42. The van der Waals surface area contributed by atoms with Crippen LogP contribution in [0.25, 0.3) is 0 Å². The van der Waals surface area contributed by atoms with E-state index in [1.807, 2.05) is 0 Å². The van der Waals surface area contributed by atoms with Crippen LogP contribution in [-0.2, 0) is 24.7 Å². The van der Waals surface area contributed by atoms with Crippen molar-refractivity contribution in [1.29, 1.82) is 0 Å². The molecule has 0 spiro atoms. The molecule has 0 saturated carbocycles. The van der Waals surface area contributed by atoms with Gasteiger partial charge in [-0.3, -0.25) is 0 Å². The van der Waals surface area contributed by atoms with Crippen molar-refractivity contribution in [2.75, 3.05) is 9.80 Å². The van der Waals surface area contributed by atoms with Crippen molar-refractivity contribution < 1.29 is 18.9 Å². The molecule has 4 aliphatic rings. The van der Waals surface area contributed by atoms with E-state index in [0.717, 1.165) is 137 Å². The van der Waals surface area contributed by atoms with Gasteiger partial charge in [-0.15, -0.1) is 0 Å². The summed E-state index contributed by atoms with van der Waals surface area (Å²) in [5.74, 6) is 6.24. The first kappa shape index (κ1) is 53.9. The summed E-state index contributed by atoms with van der Waals surface area (Å²) in [6.45, 7) is 19.9. The van der Waals surface area contributed by atoms with E-state index in [-0.39, 0.29) is 18.8 Å². The molecule has 410 valence electrons. The van der Waals surface area contributed by atoms with Gasteiger partial charge in [0.05, 0.1) is 0 Å². The van der Waals surface area contributed by atoms with Crippen molar-refractivity contribution in [1.82, 2.24) is 0 Å². The number of unbranched alkanes of at least 4 members (excludes halogenated alkanes) is 3. The molecule has 6 nitrogen and oxygen atoms in total. The number of anilines is 6. The molecule has 9 aromatic rings. The monoisotopic (exact) mass is 1190 g/mol. The summed E-state index contributed by atoms with van der Waals surface area (Å²) in [6, 6.07) is 58.2. The Morgan fingerprint density at radius 1 is 0.439 bits per heavy atom. The average Bonchev–Trinajstić information content (AvgIpc) is 3.09. The largest absolute Gasteiger partial charge is 0.458 e. The number of ether oxygens (including phenoxy) is 4. The van der Waals surface area contributed by atoms with Gasteiger partial charge < -0.3 is 28.7 Å². The first-order valence-electron chi connectivity index (χ1n) is 29.9. The molecule has 0 saturated heterocycles. The summed E-state index contributed by atoms with van der Waals surface area (Å²) in [4.78, 5) is 5.02. The highest BCUT2D eigenvalue weighted by Crippen LogP contribution is 2.49. The Morgan fingerprint density at radius 2 is 1.00 bits per heavy atom. The van der Waals surface area contributed by atoms with Gasteiger partial charge >= 0.3 is 0 Å². The van der Waals surface area contributed by atoms with E-state index >= 15 is 0 Å². The molecule has 0 unspecified atom stereocenters. The zero-order valence-corrected chi connectivity index (χ0v) is 51.1. The Kier molecular flexibility index (Phi) is 14.3. The quantitative estimate of drug-likeness (QED) is 0.0753. The third-order valence-corrected chi connectivity index (χ3v) is 18.0. The summed E-state index contributed by atoms with van der Waals surface area (Å²) in [5, 5.41) is 0. The maximum absolute atomic E-state index is 7.42. The minimum absolute atomic E-state index is 0.00867. The van der Waals surface area contributed by atoms with Crippen LogP contribution in [0.15, 0.2) is 158 Å². The molecule has 0 aromatic heterocycles. The second-order valence-corrected chi connectivity index (χ2v) is 25.5. The molecule has 0 aliphatic carbocycles. The van der Waals surface area contributed by atoms with Gasteiger partial charge in [-0.05, 0) is 220 Å². The number of rotatable bonds is 15. The van der Waals surface area contributed by atoms with E-state index in [9.17, 15) is 0 Å². The molecule has 0 amide bonds. The predicted molar refractivity (Wildman–Crippen MR) is 353 cm³/mol. The fourth-order valence-electron chi connectivity index (χ4n) is 13.2. The minimum Gasteiger partial charge on any atom is -0.458 e. The Labute approximate surface area is 500 Å². The van der Waals surface area contributed by atoms with E-state index < -0.39 is 0 Å². The minimum atomic E-state index is -0.167. The maximum Gasteiger partial charge on any atom is 0.261 e. The molecule has 0 fully saturated rings. The van der Waals surface area contributed by atoms with Crippen molar-refractivity contribution in [2.45, 2.75) is 126 Å². The molecule has 9 heteroatoms. The van der Waals surface area contributed by atoms with Crippen LogP contribution in [0.2, 0.25) is 0 Å². The van der Waals surface area contributed by atoms with Gasteiger partial charge in [0.2, 0.25) is 0 Å². The third kappa shape index (κ3) is 9.84. The first-order chi connectivity index (χ1) is 39.7. The van der Waals surface area contributed by atoms with E-state index in [4.69, 9.17) is 18.9 Å². The second-order valence-electron chi connectivity index (χ2n) is 24.4. The van der Waals surface area contributed by atoms with E-state index in [1.54, 1.807) is 0 Å². The fourth-order valence-corrected chi connectivity index (χ4v) is 14.3. The first-order valence-corrected chi connectivity index (χ1v) is 31.0. The zero-order chi connectivity index (χ0) is 56.6. The molecule has 0 radical (unpaired) electrons. The lowest BCUT2D eigenvalue weighted by Gasteiger charge is -2.45. The van der Waals surface area contributed by atoms with Gasteiger partial charge in [-0.25, -0.2) is 0 Å². The van der Waals surface area contributed by atoms with Crippen molar-refractivity contribution >= 4 is 103 Å². The van der Waals surface area contributed by atoms with E-state index in [2.05, 4.69) is 252 Å². The smallest absolute Gasteiger partial charge is 0.261 e. The van der Waals surface area contributed by atoms with Gasteiger partial charge in [0.15, 0.2) is 0 Å². The van der Waals surface area contributed by atoms with Crippen LogP contribution in [-0.4, -0.2) is 13.4 Å². The highest BCUT2D eigenvalue weighted by atomic mass is 127. The molecular formula is C73H71B2IN2O4. The molecular weight excluding hydrogens is 1120 g/mol. The summed E-state index contributed by atoms with van der Waals surface area (Å²) in [5.41, 5.74) is 22.7. The molecule has 13 rings (SSSR count). The van der Waals surface area contributed by atoms with Gasteiger partial charge in [0, 0.05) is 73.5 Å². The van der Waals surface area contributed by atoms with Crippen molar-refractivity contribution in [3.8, 4) is 46.0 Å². The lowest BCUT2D eigenvalue weighted by molar-refractivity contribution is 0.442. The van der Waals surface area contributed by atoms with Gasteiger partial charge in [0.1, 0.15) is 46.0 Å². The SMILES string of the molecule is CCCCc1ccc(Oc2cc3c4c(c2)Oc2cc(C)cc(CCCC)c2B4c2cc4c(cc2O3)N(c2ccccc2)c2cc(Oc3ccc(C(C)(C)C)cc3)cc3c2B4c2c(I)cc(C)cc2N3c2cc(C)cc(CCCC)c2)cc1. The average molecular weight is 1190 g/mol. The molecule has 0 bridgehead atoms. The number of fused-ring (bicyclic) bond motifs is 8. The Hall–Kier alpha value is -7.36.